The summed E-state index contributed by atoms with van der Waals surface area (Å²) in [4.78, 5) is 1.85. The minimum Gasteiger partial charge on any atom is -0.338 e. The molecule has 0 aromatic heterocycles. The molecule has 19 heavy (non-hydrogen) atoms. The van der Waals surface area contributed by atoms with Crippen LogP contribution >= 0.6 is 11.6 Å². The van der Waals surface area contributed by atoms with Gasteiger partial charge in [0.25, 0.3) is 0 Å². The van der Waals surface area contributed by atoms with Gasteiger partial charge in [-0.2, -0.15) is 0 Å². The molecule has 0 spiro atoms. The van der Waals surface area contributed by atoms with E-state index in [1.165, 1.54) is 6.07 Å². The van der Waals surface area contributed by atoms with E-state index in [0.29, 0.717) is 23.8 Å². The average molecular weight is 279 g/mol. The molecule has 2 N–H and O–H groups in total. The van der Waals surface area contributed by atoms with Crippen molar-refractivity contribution < 1.29 is 4.39 Å². The molecule has 0 aliphatic heterocycles. The second-order valence-electron chi connectivity index (χ2n) is 4.19. The van der Waals surface area contributed by atoms with Gasteiger partial charge >= 0.3 is 0 Å². The normalized spacial score (nSPS) is 10.5. The Bertz CT molecular complexity index is 572. The number of hydrogen-bond acceptors (Lipinski definition) is 2. The van der Waals surface area contributed by atoms with Gasteiger partial charge in [-0.05, 0) is 36.8 Å². The molecule has 0 heterocycles. The van der Waals surface area contributed by atoms with Gasteiger partial charge in [0.15, 0.2) is 0 Å². The summed E-state index contributed by atoms with van der Waals surface area (Å²) in [6, 6.07) is 12.3. The number of hydrogen-bond donors (Lipinski definition) is 1. The van der Waals surface area contributed by atoms with Crippen molar-refractivity contribution in [2.45, 2.75) is 13.5 Å². The average Bonchev–Trinajstić information content (AvgIpc) is 2.43. The Hall–Kier alpha value is -1.58. The lowest BCUT2D eigenvalue weighted by atomic mass is 10.1. The number of para-hydroxylation sites is 1. The van der Waals surface area contributed by atoms with Crippen molar-refractivity contribution in [3.8, 4) is 0 Å². The van der Waals surface area contributed by atoms with Crippen LogP contribution in [-0.2, 0) is 6.54 Å². The largest absolute Gasteiger partial charge is 0.338 e. The van der Waals surface area contributed by atoms with Crippen molar-refractivity contribution in [3.63, 3.8) is 0 Å². The highest BCUT2D eigenvalue weighted by atomic mass is 35.5. The summed E-state index contributed by atoms with van der Waals surface area (Å²) >= 11 is 6.26. The molecule has 0 bridgehead atoms. The van der Waals surface area contributed by atoms with Gasteiger partial charge in [-0.1, -0.05) is 29.8 Å². The predicted octanol–water partition coefficient (Wildman–Crippen LogP) is 4.10. The van der Waals surface area contributed by atoms with Crippen molar-refractivity contribution in [3.05, 3.63) is 58.9 Å². The van der Waals surface area contributed by atoms with Crippen molar-refractivity contribution >= 4 is 23.0 Å². The molecule has 0 radical (unpaired) electrons. The van der Waals surface area contributed by atoms with Crippen molar-refractivity contribution in [2.75, 3.05) is 11.4 Å². The van der Waals surface area contributed by atoms with Crippen LogP contribution < -0.4 is 10.6 Å². The molecule has 0 aliphatic carbocycles. The number of nitrogens with zero attached hydrogens (tertiary/aromatic N) is 1. The molecule has 0 aliphatic rings. The van der Waals surface area contributed by atoms with E-state index < -0.39 is 0 Å². The molecular formula is C15H16ClFN2. The molecular weight excluding hydrogens is 263 g/mol. The van der Waals surface area contributed by atoms with Crippen LogP contribution in [0.25, 0.3) is 0 Å². The molecule has 2 aromatic carbocycles. The Labute approximate surface area is 117 Å². The van der Waals surface area contributed by atoms with Crippen LogP contribution in [0, 0.1) is 5.82 Å². The molecule has 4 heteroatoms. The van der Waals surface area contributed by atoms with Gasteiger partial charge < -0.3 is 10.6 Å². The van der Waals surface area contributed by atoms with E-state index in [0.717, 1.165) is 11.3 Å². The fraction of sp³-hybridized carbons (Fsp3) is 0.200. The zero-order valence-corrected chi connectivity index (χ0v) is 11.5. The van der Waals surface area contributed by atoms with Crippen LogP contribution in [-0.4, -0.2) is 6.54 Å². The summed E-state index contributed by atoms with van der Waals surface area (Å²) in [5.41, 5.74) is 7.84. The highest BCUT2D eigenvalue weighted by Gasteiger charge is 2.14. The monoisotopic (exact) mass is 278 g/mol. The summed E-state index contributed by atoms with van der Waals surface area (Å²) in [7, 11) is 0. The van der Waals surface area contributed by atoms with Crippen LogP contribution in [0.4, 0.5) is 15.8 Å². The maximum absolute atomic E-state index is 13.9. The summed E-state index contributed by atoms with van der Waals surface area (Å²) in [5, 5.41) is 0.577. The minimum atomic E-state index is -0.261. The Kier molecular flexibility index (Phi) is 4.40. The highest BCUT2D eigenvalue weighted by molar-refractivity contribution is 6.33. The van der Waals surface area contributed by atoms with Crippen LogP contribution in [0.5, 0.6) is 0 Å². The maximum Gasteiger partial charge on any atom is 0.146 e. The lowest BCUT2D eigenvalue weighted by Crippen LogP contribution is -2.18. The van der Waals surface area contributed by atoms with Crippen molar-refractivity contribution in [2.24, 2.45) is 5.73 Å². The minimum absolute atomic E-state index is 0.261. The number of nitrogens with two attached hydrogens (primary N) is 1. The smallest absolute Gasteiger partial charge is 0.146 e. The molecule has 2 aromatic rings. The lowest BCUT2D eigenvalue weighted by molar-refractivity contribution is 0.625. The summed E-state index contributed by atoms with van der Waals surface area (Å²) in [6.07, 6.45) is 0. The Morgan fingerprint density at radius 3 is 2.47 bits per heavy atom. The van der Waals surface area contributed by atoms with E-state index in [1.807, 2.05) is 36.1 Å². The van der Waals surface area contributed by atoms with Gasteiger partial charge in [0, 0.05) is 13.1 Å². The number of benzene rings is 2. The van der Waals surface area contributed by atoms with Gasteiger partial charge in [-0.25, -0.2) is 4.39 Å². The Balaban J connectivity index is 2.46. The topological polar surface area (TPSA) is 29.3 Å². The van der Waals surface area contributed by atoms with Gasteiger partial charge in [0.1, 0.15) is 5.82 Å². The second-order valence-corrected chi connectivity index (χ2v) is 4.59. The van der Waals surface area contributed by atoms with Crippen LogP contribution in [0.15, 0.2) is 42.5 Å². The number of rotatable bonds is 4. The fourth-order valence-corrected chi connectivity index (χ4v) is 2.34. The number of anilines is 2. The van der Waals surface area contributed by atoms with E-state index in [2.05, 4.69) is 0 Å². The lowest BCUT2D eigenvalue weighted by Gasteiger charge is -2.25. The first-order valence-electron chi connectivity index (χ1n) is 6.18. The molecule has 2 nitrogen and oxygen atoms in total. The molecule has 0 unspecified atom stereocenters. The Morgan fingerprint density at radius 1 is 1.16 bits per heavy atom. The molecule has 0 saturated heterocycles. The third-order valence-electron chi connectivity index (χ3n) is 3.00. The Morgan fingerprint density at radius 2 is 1.89 bits per heavy atom. The first-order valence-corrected chi connectivity index (χ1v) is 6.55. The first kappa shape index (κ1) is 13.8. The summed E-state index contributed by atoms with van der Waals surface area (Å²) in [6.45, 7) is 3.02. The third kappa shape index (κ3) is 2.88. The molecule has 0 atom stereocenters. The SMILES string of the molecule is CCN(c1ccccc1F)c1ccc(CN)cc1Cl. The van der Waals surface area contributed by atoms with Gasteiger partial charge in [-0.15, -0.1) is 0 Å². The molecule has 0 saturated carbocycles. The maximum atomic E-state index is 13.9. The third-order valence-corrected chi connectivity index (χ3v) is 3.30. The first-order chi connectivity index (χ1) is 9.17. The van der Waals surface area contributed by atoms with Crippen LogP contribution in [0.2, 0.25) is 5.02 Å². The van der Waals surface area contributed by atoms with E-state index >= 15 is 0 Å². The van der Waals surface area contributed by atoms with Gasteiger partial charge in [-0.3, -0.25) is 0 Å². The number of halogens is 2. The second kappa shape index (κ2) is 6.04. The van der Waals surface area contributed by atoms with Crippen LogP contribution in [0.3, 0.4) is 0 Å². The van der Waals surface area contributed by atoms with E-state index in [1.54, 1.807) is 12.1 Å². The fourth-order valence-electron chi connectivity index (χ4n) is 2.04. The molecule has 0 amide bonds. The predicted molar refractivity (Wildman–Crippen MR) is 78.4 cm³/mol. The summed E-state index contributed by atoms with van der Waals surface area (Å²) < 4.78 is 13.9. The van der Waals surface area contributed by atoms with E-state index in [9.17, 15) is 4.39 Å². The van der Waals surface area contributed by atoms with E-state index in [-0.39, 0.29) is 5.82 Å². The zero-order valence-electron chi connectivity index (χ0n) is 10.7. The van der Waals surface area contributed by atoms with Crippen LogP contribution in [0.1, 0.15) is 12.5 Å². The highest BCUT2D eigenvalue weighted by Crippen LogP contribution is 2.33. The van der Waals surface area contributed by atoms with Gasteiger partial charge in [0.05, 0.1) is 16.4 Å². The van der Waals surface area contributed by atoms with E-state index in [4.69, 9.17) is 17.3 Å². The van der Waals surface area contributed by atoms with Crippen molar-refractivity contribution in [1.29, 1.82) is 0 Å². The molecule has 100 valence electrons. The quantitative estimate of drug-likeness (QED) is 0.912. The molecule has 2 rings (SSSR count). The standard InChI is InChI=1S/C15H16ClFN2/c1-2-19(15-6-4-3-5-13(15)17)14-8-7-11(10-18)9-12(14)16/h3-9H,2,10,18H2,1H3. The molecule has 0 fully saturated rings. The van der Waals surface area contributed by atoms with Gasteiger partial charge in [0.2, 0.25) is 0 Å². The van der Waals surface area contributed by atoms with Crippen molar-refractivity contribution in [1.82, 2.24) is 0 Å². The summed E-state index contributed by atoms with van der Waals surface area (Å²) in [5.74, 6) is -0.261. The zero-order chi connectivity index (χ0) is 13.8.